The number of H-pyrrole nitrogens is 1. The second-order valence-electron chi connectivity index (χ2n) is 4.77. The summed E-state index contributed by atoms with van der Waals surface area (Å²) in [6, 6.07) is 4.05. The number of anilines is 1. The van der Waals surface area contributed by atoms with Crippen molar-refractivity contribution in [3.05, 3.63) is 59.9 Å². The number of carbonyl (C=O) groups is 1. The summed E-state index contributed by atoms with van der Waals surface area (Å²) in [4.78, 5) is 18.4. The minimum absolute atomic E-state index is 0.273. The smallest absolute Gasteiger partial charge is 0.247 e. The predicted molar refractivity (Wildman–Crippen MR) is 85.3 cm³/mol. The van der Waals surface area contributed by atoms with Gasteiger partial charge in [-0.1, -0.05) is 18.2 Å². The van der Waals surface area contributed by atoms with E-state index in [9.17, 15) is 13.6 Å². The summed E-state index contributed by atoms with van der Waals surface area (Å²) in [5.41, 5.74) is 1.20. The van der Waals surface area contributed by atoms with Gasteiger partial charge in [-0.25, -0.2) is 13.8 Å². The van der Waals surface area contributed by atoms with Gasteiger partial charge in [-0.15, -0.1) is 0 Å². The van der Waals surface area contributed by atoms with E-state index in [2.05, 4.69) is 21.9 Å². The quantitative estimate of drug-likeness (QED) is 0.703. The summed E-state index contributed by atoms with van der Waals surface area (Å²) < 4.78 is 27.6. The Balaban J connectivity index is 2.12. The van der Waals surface area contributed by atoms with Crippen LogP contribution in [0.4, 0.5) is 14.5 Å². The molecule has 0 atom stereocenters. The minimum atomic E-state index is -1.14. The van der Waals surface area contributed by atoms with Gasteiger partial charge in [0.2, 0.25) is 5.91 Å². The number of carbonyl (C=O) groups excluding carboxylic acids is 1. The molecular weight excluding hydrogens is 324 g/mol. The van der Waals surface area contributed by atoms with Crippen molar-refractivity contribution in [3.63, 3.8) is 0 Å². The molecular formula is C16H10ClF2N3O. The lowest BCUT2D eigenvalue weighted by molar-refractivity contribution is -0.111. The summed E-state index contributed by atoms with van der Waals surface area (Å²) in [5.74, 6) is -2.86. The molecule has 0 fully saturated rings. The van der Waals surface area contributed by atoms with E-state index >= 15 is 0 Å². The third-order valence-corrected chi connectivity index (χ3v) is 3.60. The molecule has 0 aliphatic heterocycles. The normalized spacial score (nSPS) is 10.7. The molecule has 0 radical (unpaired) electrons. The Labute approximate surface area is 134 Å². The fourth-order valence-electron chi connectivity index (χ4n) is 2.16. The van der Waals surface area contributed by atoms with Gasteiger partial charge in [0, 0.05) is 23.3 Å². The Morgan fingerprint density at radius 2 is 2.09 bits per heavy atom. The first-order chi connectivity index (χ1) is 11.0. The number of rotatable bonds is 3. The predicted octanol–water partition coefficient (Wildman–Crippen LogP) is 4.29. The van der Waals surface area contributed by atoms with E-state index in [0.29, 0.717) is 27.2 Å². The van der Waals surface area contributed by atoms with Gasteiger partial charge in [-0.05, 0) is 29.8 Å². The van der Waals surface area contributed by atoms with Crippen molar-refractivity contribution in [2.24, 2.45) is 0 Å². The molecule has 2 N–H and O–H groups in total. The first kappa shape index (κ1) is 15.2. The number of fused-ring (bicyclic) bond motifs is 1. The highest BCUT2D eigenvalue weighted by atomic mass is 35.5. The maximum atomic E-state index is 13.8. The van der Waals surface area contributed by atoms with Gasteiger partial charge < -0.3 is 10.3 Å². The third-order valence-electron chi connectivity index (χ3n) is 3.29. The summed E-state index contributed by atoms with van der Waals surface area (Å²) in [7, 11) is 0. The zero-order chi connectivity index (χ0) is 16.6. The van der Waals surface area contributed by atoms with Gasteiger partial charge in [0.15, 0.2) is 11.6 Å². The fourth-order valence-corrected chi connectivity index (χ4v) is 2.36. The molecule has 3 aromatic rings. The Kier molecular flexibility index (Phi) is 3.83. The van der Waals surface area contributed by atoms with Gasteiger partial charge in [-0.3, -0.25) is 4.79 Å². The second kappa shape index (κ2) is 5.81. The molecule has 7 heteroatoms. The highest BCUT2D eigenvalue weighted by Gasteiger charge is 2.14. The standard InChI is InChI=1S/C16H10ClF2N3O/c1-2-14(23)22-13-5-8(4-12(18)15(13)19)9-3-10-11(17)7-21-16(10)20-6-9/h2-7H,1H2,(H,20,21)(H,22,23). The van der Waals surface area contributed by atoms with Crippen molar-refractivity contribution >= 4 is 34.2 Å². The van der Waals surface area contributed by atoms with E-state index in [-0.39, 0.29) is 5.69 Å². The molecule has 116 valence electrons. The number of aromatic nitrogens is 2. The molecule has 2 heterocycles. The van der Waals surface area contributed by atoms with Gasteiger partial charge in [0.05, 0.1) is 10.7 Å². The maximum Gasteiger partial charge on any atom is 0.247 e. The van der Waals surface area contributed by atoms with Crippen LogP contribution in [-0.4, -0.2) is 15.9 Å². The average Bonchev–Trinajstić information content (AvgIpc) is 2.92. The van der Waals surface area contributed by atoms with Crippen molar-refractivity contribution < 1.29 is 13.6 Å². The molecule has 23 heavy (non-hydrogen) atoms. The summed E-state index contributed by atoms with van der Waals surface area (Å²) in [6.07, 6.45) is 4.06. The number of nitrogens with one attached hydrogen (secondary N) is 2. The van der Waals surface area contributed by atoms with Crippen LogP contribution in [0.15, 0.2) is 43.2 Å². The summed E-state index contributed by atoms with van der Waals surface area (Å²) in [6.45, 7) is 3.27. The highest BCUT2D eigenvalue weighted by molar-refractivity contribution is 6.35. The van der Waals surface area contributed by atoms with Gasteiger partial charge in [0.1, 0.15) is 5.65 Å². The van der Waals surface area contributed by atoms with Gasteiger partial charge >= 0.3 is 0 Å². The number of pyridine rings is 1. The first-order valence-corrected chi connectivity index (χ1v) is 6.93. The number of amides is 1. The zero-order valence-electron chi connectivity index (χ0n) is 11.7. The largest absolute Gasteiger partial charge is 0.345 e. The van der Waals surface area contributed by atoms with Crippen LogP contribution in [0.5, 0.6) is 0 Å². The van der Waals surface area contributed by atoms with Crippen LogP contribution in [0.2, 0.25) is 5.02 Å². The first-order valence-electron chi connectivity index (χ1n) is 6.55. The monoisotopic (exact) mass is 333 g/mol. The highest BCUT2D eigenvalue weighted by Crippen LogP contribution is 2.30. The number of benzene rings is 1. The molecule has 0 saturated carbocycles. The van der Waals surface area contributed by atoms with Crippen LogP contribution in [0.25, 0.3) is 22.2 Å². The van der Waals surface area contributed by atoms with E-state index in [1.807, 2.05) is 0 Å². The van der Waals surface area contributed by atoms with Crippen LogP contribution in [-0.2, 0) is 4.79 Å². The molecule has 0 spiro atoms. The number of hydrogen-bond acceptors (Lipinski definition) is 2. The van der Waals surface area contributed by atoms with E-state index < -0.39 is 17.5 Å². The van der Waals surface area contributed by atoms with Crippen molar-refractivity contribution in [1.82, 2.24) is 9.97 Å². The number of hydrogen-bond donors (Lipinski definition) is 2. The van der Waals surface area contributed by atoms with Crippen LogP contribution in [0.3, 0.4) is 0 Å². The van der Waals surface area contributed by atoms with Crippen molar-refractivity contribution in [3.8, 4) is 11.1 Å². The molecule has 0 aliphatic carbocycles. The molecule has 4 nitrogen and oxygen atoms in total. The molecule has 2 aromatic heterocycles. The maximum absolute atomic E-state index is 13.8. The molecule has 0 bridgehead atoms. The van der Waals surface area contributed by atoms with E-state index in [4.69, 9.17) is 11.6 Å². The van der Waals surface area contributed by atoms with Gasteiger partial charge in [-0.2, -0.15) is 0 Å². The van der Waals surface area contributed by atoms with E-state index in [1.54, 1.807) is 12.3 Å². The lowest BCUT2D eigenvalue weighted by Gasteiger charge is -2.09. The Bertz CT molecular complexity index is 936. The van der Waals surface area contributed by atoms with Crippen LogP contribution in [0.1, 0.15) is 0 Å². The molecule has 0 unspecified atom stereocenters. The topological polar surface area (TPSA) is 57.8 Å². The minimum Gasteiger partial charge on any atom is -0.345 e. The Hall–Kier alpha value is -2.73. The molecule has 1 aromatic carbocycles. The number of aromatic amines is 1. The molecule has 1 amide bonds. The summed E-state index contributed by atoms with van der Waals surface area (Å²) in [5, 5.41) is 3.36. The van der Waals surface area contributed by atoms with Crippen molar-refractivity contribution in [2.75, 3.05) is 5.32 Å². The zero-order valence-corrected chi connectivity index (χ0v) is 12.4. The van der Waals surface area contributed by atoms with Crippen LogP contribution in [0, 0.1) is 11.6 Å². The SMILES string of the molecule is C=CC(=O)Nc1cc(-c2cnc3[nH]cc(Cl)c3c2)cc(F)c1F. The second-order valence-corrected chi connectivity index (χ2v) is 5.18. The number of nitrogens with zero attached hydrogens (tertiary/aromatic N) is 1. The number of halogens is 3. The summed E-state index contributed by atoms with van der Waals surface area (Å²) >= 11 is 6.03. The van der Waals surface area contributed by atoms with E-state index in [1.165, 1.54) is 12.3 Å². The Morgan fingerprint density at radius 1 is 1.30 bits per heavy atom. The molecule has 0 saturated heterocycles. The molecule has 3 rings (SSSR count). The fraction of sp³-hybridized carbons (Fsp3) is 0. The van der Waals surface area contributed by atoms with E-state index in [0.717, 1.165) is 12.1 Å². The van der Waals surface area contributed by atoms with Gasteiger partial charge in [0.25, 0.3) is 0 Å². The average molecular weight is 334 g/mol. The Morgan fingerprint density at radius 3 is 2.83 bits per heavy atom. The van der Waals surface area contributed by atoms with Crippen molar-refractivity contribution in [1.29, 1.82) is 0 Å². The van der Waals surface area contributed by atoms with Crippen LogP contribution >= 0.6 is 11.6 Å². The van der Waals surface area contributed by atoms with Crippen LogP contribution < -0.4 is 5.32 Å². The lowest BCUT2D eigenvalue weighted by Crippen LogP contribution is -2.10. The molecule has 0 aliphatic rings. The van der Waals surface area contributed by atoms with Crippen molar-refractivity contribution in [2.45, 2.75) is 0 Å². The third kappa shape index (κ3) is 2.80. The lowest BCUT2D eigenvalue weighted by atomic mass is 10.1.